The average molecular weight is 273 g/mol. The van der Waals surface area contributed by atoms with E-state index in [9.17, 15) is 4.79 Å². The number of aliphatic hydroxyl groups is 1. The van der Waals surface area contributed by atoms with Gasteiger partial charge in [0.15, 0.2) is 0 Å². The Kier molecular flexibility index (Phi) is 5.16. The van der Waals surface area contributed by atoms with Gasteiger partial charge >= 0.3 is 0 Å². The molecule has 0 bridgehead atoms. The highest BCUT2D eigenvalue weighted by Crippen LogP contribution is 2.12. The summed E-state index contributed by atoms with van der Waals surface area (Å²) in [7, 11) is 0. The first kappa shape index (κ1) is 14.6. The molecule has 0 aromatic heterocycles. The summed E-state index contributed by atoms with van der Waals surface area (Å²) in [5.41, 5.74) is 2.36. The lowest BCUT2D eigenvalue weighted by molar-refractivity contribution is 0.0945. The van der Waals surface area contributed by atoms with E-state index in [0.717, 1.165) is 30.8 Å². The molecule has 4 nitrogen and oxygen atoms in total. The van der Waals surface area contributed by atoms with Crippen molar-refractivity contribution < 1.29 is 14.6 Å². The van der Waals surface area contributed by atoms with Gasteiger partial charge in [0.1, 0.15) is 6.61 Å². The molecule has 1 amide bonds. The molecule has 1 fully saturated rings. The standard InChI is InChI=1S/C16H19NO3/c1-12-4-5-15(9-14(12)3-2-7-18)16(19)17-10-13-6-8-20-11-13/h4-5,9,13,18H,6-8,10-11H2,1H3,(H,17,19). The third-order valence-corrected chi connectivity index (χ3v) is 3.38. The lowest BCUT2D eigenvalue weighted by atomic mass is 10.0. The van der Waals surface area contributed by atoms with Crippen molar-refractivity contribution in [3.05, 3.63) is 34.9 Å². The highest BCUT2D eigenvalue weighted by atomic mass is 16.5. The summed E-state index contributed by atoms with van der Waals surface area (Å²) in [6.07, 6.45) is 1.00. The van der Waals surface area contributed by atoms with Crippen LogP contribution in [0.1, 0.15) is 27.9 Å². The van der Waals surface area contributed by atoms with Crippen LogP contribution in [0.15, 0.2) is 18.2 Å². The van der Waals surface area contributed by atoms with Gasteiger partial charge in [0.25, 0.3) is 5.91 Å². The van der Waals surface area contributed by atoms with Gasteiger partial charge in [0, 0.05) is 30.2 Å². The minimum absolute atomic E-state index is 0.0936. The largest absolute Gasteiger partial charge is 0.384 e. The molecule has 1 saturated heterocycles. The van der Waals surface area contributed by atoms with Gasteiger partial charge < -0.3 is 15.2 Å². The number of benzene rings is 1. The number of ether oxygens (including phenoxy) is 1. The maximum atomic E-state index is 12.1. The van der Waals surface area contributed by atoms with Gasteiger partial charge in [-0.2, -0.15) is 0 Å². The van der Waals surface area contributed by atoms with E-state index in [4.69, 9.17) is 9.84 Å². The van der Waals surface area contributed by atoms with E-state index in [1.807, 2.05) is 13.0 Å². The first-order valence-electron chi connectivity index (χ1n) is 6.77. The second-order valence-electron chi connectivity index (χ2n) is 4.93. The van der Waals surface area contributed by atoms with E-state index in [2.05, 4.69) is 17.2 Å². The maximum absolute atomic E-state index is 12.1. The summed E-state index contributed by atoms with van der Waals surface area (Å²) < 4.78 is 5.28. The number of rotatable bonds is 3. The molecule has 1 unspecified atom stereocenters. The average Bonchev–Trinajstić information content (AvgIpc) is 2.97. The fourth-order valence-corrected chi connectivity index (χ4v) is 2.12. The van der Waals surface area contributed by atoms with Crippen LogP contribution >= 0.6 is 0 Å². The Morgan fingerprint density at radius 2 is 2.40 bits per heavy atom. The van der Waals surface area contributed by atoms with Crippen molar-refractivity contribution >= 4 is 5.91 Å². The number of aliphatic hydroxyl groups excluding tert-OH is 1. The van der Waals surface area contributed by atoms with Crippen molar-refractivity contribution in [1.82, 2.24) is 5.32 Å². The Labute approximate surface area is 119 Å². The number of carbonyl (C=O) groups is 1. The fraction of sp³-hybridized carbons (Fsp3) is 0.438. The van der Waals surface area contributed by atoms with E-state index >= 15 is 0 Å². The molecule has 20 heavy (non-hydrogen) atoms. The fourth-order valence-electron chi connectivity index (χ4n) is 2.12. The van der Waals surface area contributed by atoms with E-state index in [0.29, 0.717) is 18.0 Å². The van der Waals surface area contributed by atoms with E-state index < -0.39 is 0 Å². The number of hydrogen-bond acceptors (Lipinski definition) is 3. The molecule has 0 aliphatic carbocycles. The van der Waals surface area contributed by atoms with Crippen LogP contribution in [0.4, 0.5) is 0 Å². The second-order valence-corrected chi connectivity index (χ2v) is 4.93. The lowest BCUT2D eigenvalue weighted by Gasteiger charge is -2.10. The van der Waals surface area contributed by atoms with E-state index in [1.165, 1.54) is 0 Å². The lowest BCUT2D eigenvalue weighted by Crippen LogP contribution is -2.29. The molecule has 4 heteroatoms. The summed E-state index contributed by atoms with van der Waals surface area (Å²) in [4.78, 5) is 12.1. The molecule has 1 aromatic carbocycles. The zero-order chi connectivity index (χ0) is 14.4. The molecular weight excluding hydrogens is 254 g/mol. The van der Waals surface area contributed by atoms with Crippen LogP contribution in [0, 0.1) is 24.7 Å². The molecule has 1 atom stereocenters. The van der Waals surface area contributed by atoms with Gasteiger partial charge in [-0.15, -0.1) is 0 Å². The van der Waals surface area contributed by atoms with Crippen molar-refractivity contribution in [3.8, 4) is 11.8 Å². The smallest absolute Gasteiger partial charge is 0.251 e. The third-order valence-electron chi connectivity index (χ3n) is 3.38. The van der Waals surface area contributed by atoms with Gasteiger partial charge in [-0.1, -0.05) is 17.9 Å². The van der Waals surface area contributed by atoms with Gasteiger partial charge in [0.05, 0.1) is 6.61 Å². The topological polar surface area (TPSA) is 58.6 Å². The van der Waals surface area contributed by atoms with Crippen LogP contribution in [0.3, 0.4) is 0 Å². The van der Waals surface area contributed by atoms with Gasteiger partial charge in [-0.25, -0.2) is 0 Å². The van der Waals surface area contributed by atoms with Crippen molar-refractivity contribution in [2.75, 3.05) is 26.4 Å². The zero-order valence-corrected chi connectivity index (χ0v) is 11.6. The number of nitrogens with one attached hydrogen (secondary N) is 1. The highest BCUT2D eigenvalue weighted by Gasteiger charge is 2.16. The Morgan fingerprint density at radius 3 is 3.10 bits per heavy atom. The molecule has 1 heterocycles. The van der Waals surface area contributed by atoms with Crippen molar-refractivity contribution in [1.29, 1.82) is 0 Å². The second kappa shape index (κ2) is 7.09. The monoisotopic (exact) mass is 273 g/mol. The number of hydrogen-bond donors (Lipinski definition) is 2. The van der Waals surface area contributed by atoms with Gasteiger partial charge in [-0.3, -0.25) is 4.79 Å². The predicted molar refractivity (Wildman–Crippen MR) is 76.4 cm³/mol. The summed E-state index contributed by atoms with van der Waals surface area (Å²) in [6.45, 7) is 3.90. The normalized spacial score (nSPS) is 17.4. The van der Waals surface area contributed by atoms with Gasteiger partial charge in [-0.05, 0) is 31.0 Å². The zero-order valence-electron chi connectivity index (χ0n) is 11.6. The molecule has 106 valence electrons. The quantitative estimate of drug-likeness (QED) is 0.811. The van der Waals surface area contributed by atoms with E-state index in [-0.39, 0.29) is 12.5 Å². The van der Waals surface area contributed by atoms with Crippen molar-refractivity contribution in [2.45, 2.75) is 13.3 Å². The Morgan fingerprint density at radius 1 is 1.55 bits per heavy atom. The maximum Gasteiger partial charge on any atom is 0.251 e. The molecule has 0 saturated carbocycles. The molecule has 2 N–H and O–H groups in total. The Bertz CT molecular complexity index is 536. The number of amides is 1. The van der Waals surface area contributed by atoms with Gasteiger partial charge in [0.2, 0.25) is 0 Å². The summed E-state index contributed by atoms with van der Waals surface area (Å²) in [6, 6.07) is 5.42. The summed E-state index contributed by atoms with van der Waals surface area (Å²) in [5.74, 6) is 5.78. The van der Waals surface area contributed by atoms with Crippen LogP contribution in [-0.4, -0.2) is 37.4 Å². The number of carbonyl (C=O) groups excluding carboxylic acids is 1. The van der Waals surface area contributed by atoms with Crippen LogP contribution in [0.2, 0.25) is 0 Å². The van der Waals surface area contributed by atoms with Crippen molar-refractivity contribution in [3.63, 3.8) is 0 Å². The Hall–Kier alpha value is -1.83. The molecule has 0 radical (unpaired) electrons. The highest BCUT2D eigenvalue weighted by molar-refractivity contribution is 5.94. The van der Waals surface area contributed by atoms with E-state index in [1.54, 1.807) is 12.1 Å². The predicted octanol–water partition coefficient (Wildman–Crippen LogP) is 1.11. The van der Waals surface area contributed by atoms with Crippen LogP contribution in [0.5, 0.6) is 0 Å². The molecule has 1 aliphatic heterocycles. The third kappa shape index (κ3) is 3.83. The minimum Gasteiger partial charge on any atom is -0.384 e. The minimum atomic E-state index is -0.183. The van der Waals surface area contributed by atoms with Crippen LogP contribution in [0.25, 0.3) is 0 Å². The number of aryl methyl sites for hydroxylation is 1. The SMILES string of the molecule is Cc1ccc(C(=O)NCC2CCOC2)cc1C#CCO. The Balaban J connectivity index is 2.01. The van der Waals surface area contributed by atoms with Crippen LogP contribution in [-0.2, 0) is 4.74 Å². The first-order valence-corrected chi connectivity index (χ1v) is 6.77. The summed E-state index contributed by atoms with van der Waals surface area (Å²) in [5, 5.41) is 11.7. The summed E-state index contributed by atoms with van der Waals surface area (Å²) >= 11 is 0. The first-order chi connectivity index (χ1) is 9.70. The molecule has 1 aliphatic rings. The molecule has 0 spiro atoms. The molecule has 1 aromatic rings. The molecular formula is C16H19NO3. The van der Waals surface area contributed by atoms with Crippen LogP contribution < -0.4 is 5.32 Å². The molecule has 2 rings (SSSR count). The van der Waals surface area contributed by atoms with Crippen molar-refractivity contribution in [2.24, 2.45) is 5.92 Å².